The van der Waals surface area contributed by atoms with Crippen LogP contribution in [0, 0.1) is 5.92 Å². The largest absolute Gasteiger partial charge is 1.00 e. The second-order valence-corrected chi connectivity index (χ2v) is 16.9. The summed E-state index contributed by atoms with van der Waals surface area (Å²) in [6.45, 7) is 4.73. The summed E-state index contributed by atoms with van der Waals surface area (Å²) in [5.41, 5.74) is 5.15. The van der Waals surface area contributed by atoms with Crippen molar-refractivity contribution in [3.63, 3.8) is 0 Å². The molecule has 0 amide bonds. The molecule has 3 aliphatic rings. The predicted molar refractivity (Wildman–Crippen MR) is 122 cm³/mol. The molecule has 4 rings (SSSR count). The first-order valence-electron chi connectivity index (χ1n) is 11.5. The van der Waals surface area contributed by atoms with Crippen LogP contribution in [0.15, 0.2) is 53.4 Å². The van der Waals surface area contributed by atoms with Gasteiger partial charge in [0.15, 0.2) is 0 Å². The summed E-state index contributed by atoms with van der Waals surface area (Å²) in [5, 5.41) is 1.93. The Hall–Kier alpha value is 0.320. The van der Waals surface area contributed by atoms with Gasteiger partial charge in [-0.25, -0.2) is 0 Å². The predicted octanol–water partition coefficient (Wildman–Crippen LogP) is 2.34. The summed E-state index contributed by atoms with van der Waals surface area (Å²) in [7, 11) is 0.0776. The molecule has 0 aliphatic heterocycles. The fourth-order valence-electron chi connectivity index (χ4n) is 5.12. The molecule has 30 heavy (non-hydrogen) atoms. The number of rotatable bonds is 9. The maximum absolute atomic E-state index is 2.67. The molecule has 0 saturated heterocycles. The van der Waals surface area contributed by atoms with Crippen LogP contribution in [-0.2, 0) is 22.9 Å². The monoisotopic (exact) mass is 628 g/mol. The molecule has 0 heterocycles. The van der Waals surface area contributed by atoms with Crippen molar-refractivity contribution in [1.82, 2.24) is 0 Å². The van der Waals surface area contributed by atoms with E-state index in [1.807, 2.05) is 10.9 Å². The summed E-state index contributed by atoms with van der Waals surface area (Å²) < 4.78 is 1.88. The van der Waals surface area contributed by atoms with Gasteiger partial charge in [0, 0.05) is 0 Å². The fourth-order valence-corrected chi connectivity index (χ4v) is 17.7. The average molecular weight is 628 g/mol. The third-order valence-corrected chi connectivity index (χ3v) is 17.5. The first-order chi connectivity index (χ1) is 13.8. The van der Waals surface area contributed by atoms with E-state index >= 15 is 0 Å². The van der Waals surface area contributed by atoms with Crippen LogP contribution in [-0.4, -0.2) is 12.3 Å². The molecule has 3 unspecified atom stereocenters. The maximum Gasteiger partial charge on any atom is -1.00 e. The number of hydrogen-bond acceptors (Lipinski definition) is 0. The molecule has 3 aliphatic carbocycles. The van der Waals surface area contributed by atoms with Gasteiger partial charge in [-0.15, -0.1) is 0 Å². The van der Waals surface area contributed by atoms with Crippen LogP contribution in [0.1, 0.15) is 73.6 Å². The standard InChI is InChI=1S/C17H24P.C9H11.2ClH.Hf/c1-3-5-11-18(12-6-4-2)17-13-15-9-7-8-10-16(15)14-17;1-2-5-9-7-3-6-8(9)4-1;;;/h7-10,13-14H,3-6,11-12H2,1-2H3;1-2,4,6,9H,3,5,7H2;2*1H;/q;;;;+2/p-2. The van der Waals surface area contributed by atoms with Gasteiger partial charge in [-0.3, -0.25) is 0 Å². The van der Waals surface area contributed by atoms with E-state index in [9.17, 15) is 0 Å². The number of allylic oxidation sites excluding steroid dienone is 5. The fraction of sp³-hybridized carbons (Fsp3) is 0.538. The summed E-state index contributed by atoms with van der Waals surface area (Å²) in [5.74, 6) is 0.897. The van der Waals surface area contributed by atoms with Gasteiger partial charge in [0.05, 0.1) is 0 Å². The van der Waals surface area contributed by atoms with Crippen LogP contribution in [0.3, 0.4) is 0 Å². The van der Waals surface area contributed by atoms with Crippen molar-refractivity contribution in [2.24, 2.45) is 5.92 Å². The van der Waals surface area contributed by atoms with Crippen molar-refractivity contribution in [1.29, 1.82) is 0 Å². The molecule has 0 aromatic heterocycles. The van der Waals surface area contributed by atoms with E-state index < -0.39 is 22.9 Å². The zero-order valence-electron chi connectivity index (χ0n) is 18.4. The first-order valence-corrected chi connectivity index (χ1v) is 17.4. The molecular weight excluding hydrogens is 593 g/mol. The molecule has 0 bridgehead atoms. The van der Waals surface area contributed by atoms with Crippen LogP contribution in [0.4, 0.5) is 0 Å². The van der Waals surface area contributed by atoms with E-state index in [0.717, 1.165) is 13.3 Å². The van der Waals surface area contributed by atoms with Crippen LogP contribution >= 0.6 is 7.92 Å². The van der Waals surface area contributed by atoms with E-state index in [1.54, 1.807) is 11.1 Å². The minimum absolute atomic E-state index is 0. The molecular formula is C26H35Cl2HfP. The third kappa shape index (κ3) is 6.01. The van der Waals surface area contributed by atoms with E-state index in [-0.39, 0.29) is 32.7 Å². The van der Waals surface area contributed by atoms with Crippen molar-refractivity contribution in [2.45, 2.75) is 66.1 Å². The van der Waals surface area contributed by atoms with Crippen molar-refractivity contribution in [3.05, 3.63) is 64.5 Å². The normalized spacial score (nSPS) is 23.6. The van der Waals surface area contributed by atoms with E-state index in [4.69, 9.17) is 0 Å². The van der Waals surface area contributed by atoms with E-state index in [0.29, 0.717) is 0 Å². The second kappa shape index (κ2) is 13.1. The first kappa shape index (κ1) is 26.6. The Kier molecular flexibility index (Phi) is 11.6. The minimum Gasteiger partial charge on any atom is -1.00 e. The molecule has 1 saturated carbocycles. The molecule has 4 heteroatoms. The van der Waals surface area contributed by atoms with Crippen LogP contribution in [0.25, 0.3) is 6.08 Å². The maximum atomic E-state index is 2.67. The number of benzene rings is 1. The molecule has 0 radical (unpaired) electrons. The molecule has 0 spiro atoms. The van der Waals surface area contributed by atoms with Gasteiger partial charge in [0.1, 0.15) is 0 Å². The summed E-state index contributed by atoms with van der Waals surface area (Å²) in [6.07, 6.45) is 22.7. The molecule has 1 aromatic rings. The summed E-state index contributed by atoms with van der Waals surface area (Å²) >= 11 is -0.825. The second-order valence-electron chi connectivity index (χ2n) is 8.65. The Morgan fingerprint density at radius 1 is 1.00 bits per heavy atom. The van der Waals surface area contributed by atoms with Crippen LogP contribution < -0.4 is 24.8 Å². The smallest absolute Gasteiger partial charge is 1.00 e. The van der Waals surface area contributed by atoms with Gasteiger partial charge in [-0.05, 0) is 0 Å². The Labute approximate surface area is 209 Å². The summed E-state index contributed by atoms with van der Waals surface area (Å²) in [6, 6.07) is 9.42. The number of unbranched alkanes of at least 4 members (excludes halogenated alkanes) is 2. The molecule has 0 nitrogen and oxygen atoms in total. The average Bonchev–Trinajstić information content (AvgIpc) is 3.31. The quantitative estimate of drug-likeness (QED) is 0.292. The van der Waals surface area contributed by atoms with Crippen molar-refractivity contribution >= 4 is 14.0 Å². The van der Waals surface area contributed by atoms with Gasteiger partial charge in [0.25, 0.3) is 0 Å². The van der Waals surface area contributed by atoms with Crippen molar-refractivity contribution in [3.8, 4) is 0 Å². The van der Waals surface area contributed by atoms with Crippen molar-refractivity contribution < 1.29 is 47.7 Å². The third-order valence-electron chi connectivity index (χ3n) is 6.73. The Balaban J connectivity index is 0.00000160. The number of hydrogen-bond donors (Lipinski definition) is 0. The van der Waals surface area contributed by atoms with E-state index in [2.05, 4.69) is 62.4 Å². The van der Waals surface area contributed by atoms with Crippen LogP contribution in [0.5, 0.6) is 0 Å². The molecule has 1 aromatic carbocycles. The molecule has 3 atom stereocenters. The topological polar surface area (TPSA) is 0 Å². The zero-order valence-corrected chi connectivity index (χ0v) is 24.4. The van der Waals surface area contributed by atoms with Gasteiger partial charge in [-0.2, -0.15) is 0 Å². The van der Waals surface area contributed by atoms with Gasteiger partial charge in [0.2, 0.25) is 0 Å². The van der Waals surface area contributed by atoms with Gasteiger partial charge in [-0.1, -0.05) is 0 Å². The molecule has 162 valence electrons. The number of halogens is 2. The Morgan fingerprint density at radius 2 is 1.73 bits per heavy atom. The van der Waals surface area contributed by atoms with E-state index in [1.165, 1.54) is 57.3 Å². The zero-order chi connectivity index (χ0) is 19.3. The molecule has 1 fully saturated rings. The van der Waals surface area contributed by atoms with Gasteiger partial charge >= 0.3 is 186 Å². The summed E-state index contributed by atoms with van der Waals surface area (Å²) in [4.78, 5) is 0. The Bertz CT molecular complexity index is 762. The molecule has 0 N–H and O–H groups in total. The van der Waals surface area contributed by atoms with Crippen molar-refractivity contribution in [2.75, 3.05) is 12.3 Å². The minimum atomic E-state index is -0.825. The van der Waals surface area contributed by atoms with Crippen LogP contribution in [0.2, 0.25) is 3.67 Å². The van der Waals surface area contributed by atoms with Gasteiger partial charge < -0.3 is 24.8 Å². The number of fused-ring (bicyclic) bond motifs is 2. The Morgan fingerprint density at radius 3 is 2.47 bits per heavy atom. The SMILES string of the molecule is CCCCP(CCCC)C1=Cc2ccccc2[CH]1[Hf+2][CH]1CCC2CC=CC=C21.[Cl-].[Cl-].